The molecule has 0 aliphatic heterocycles. The Bertz CT molecular complexity index is 862. The molecule has 1 aliphatic carbocycles. The highest BCUT2D eigenvalue weighted by molar-refractivity contribution is 5.57. The van der Waals surface area contributed by atoms with Gasteiger partial charge in [-0.15, -0.1) is 0 Å². The van der Waals surface area contributed by atoms with Crippen LogP contribution in [0.5, 0.6) is 11.5 Å². The van der Waals surface area contributed by atoms with E-state index < -0.39 is 0 Å². The number of hydrogen-bond acceptors (Lipinski definition) is 2. The van der Waals surface area contributed by atoms with E-state index in [9.17, 15) is 5.11 Å². The lowest BCUT2D eigenvalue weighted by molar-refractivity contribution is 0.317. The second kappa shape index (κ2) is 15.1. The first kappa shape index (κ1) is 28.3. The van der Waals surface area contributed by atoms with Gasteiger partial charge in [-0.3, -0.25) is 0 Å². The first-order valence-electron chi connectivity index (χ1n) is 13.8. The number of phenolic OH excluding ortho intramolecular Hbond substituents is 1. The minimum atomic E-state index is 0.431. The number of benzene rings is 1. The SMILES string of the molecule is CCCCc1c(C)c(O)c(C)c(C)c1OCC/C=C(\C)CC/C=C(\C)CCC=C1CCCCC1. The van der Waals surface area contributed by atoms with E-state index in [0.717, 1.165) is 61.0 Å². The number of ether oxygens (including phenoxy) is 1. The summed E-state index contributed by atoms with van der Waals surface area (Å²) < 4.78 is 6.30. The predicted molar refractivity (Wildman–Crippen MR) is 148 cm³/mol. The van der Waals surface area contributed by atoms with Crippen molar-refractivity contribution in [3.05, 3.63) is 57.2 Å². The molecule has 1 aliphatic rings. The third-order valence-electron chi connectivity index (χ3n) is 7.48. The van der Waals surface area contributed by atoms with Crippen LogP contribution < -0.4 is 4.74 Å². The molecule has 2 nitrogen and oxygen atoms in total. The van der Waals surface area contributed by atoms with Gasteiger partial charge in [0, 0.05) is 5.56 Å². The summed E-state index contributed by atoms with van der Waals surface area (Å²) in [6.07, 6.45) is 22.9. The number of phenols is 1. The maximum atomic E-state index is 10.5. The zero-order valence-corrected chi connectivity index (χ0v) is 23.0. The fraction of sp³-hybridized carbons (Fsp3) is 0.625. The molecule has 1 aromatic carbocycles. The summed E-state index contributed by atoms with van der Waals surface area (Å²) in [4.78, 5) is 0. The third-order valence-corrected chi connectivity index (χ3v) is 7.48. The first-order valence-corrected chi connectivity index (χ1v) is 13.8. The maximum absolute atomic E-state index is 10.5. The molecule has 1 aromatic rings. The average Bonchev–Trinajstić information content (AvgIpc) is 2.83. The molecule has 34 heavy (non-hydrogen) atoms. The molecule has 190 valence electrons. The van der Waals surface area contributed by atoms with Gasteiger partial charge in [-0.2, -0.15) is 0 Å². The fourth-order valence-electron chi connectivity index (χ4n) is 4.95. The zero-order valence-electron chi connectivity index (χ0n) is 23.0. The van der Waals surface area contributed by atoms with Crippen molar-refractivity contribution >= 4 is 0 Å². The molecular formula is C32H50O2. The lowest BCUT2D eigenvalue weighted by atomic mass is 9.93. The Morgan fingerprint density at radius 3 is 2.18 bits per heavy atom. The molecule has 2 heteroatoms. The van der Waals surface area contributed by atoms with E-state index in [2.05, 4.69) is 45.9 Å². The Balaban J connectivity index is 1.79. The predicted octanol–water partition coefficient (Wildman–Crippen LogP) is 9.77. The van der Waals surface area contributed by atoms with Crippen LogP contribution in [0.3, 0.4) is 0 Å². The van der Waals surface area contributed by atoms with Crippen molar-refractivity contribution in [3.63, 3.8) is 0 Å². The smallest absolute Gasteiger partial charge is 0.126 e. The summed E-state index contributed by atoms with van der Waals surface area (Å²) in [6.45, 7) is 13.5. The summed E-state index contributed by atoms with van der Waals surface area (Å²) in [7, 11) is 0. The van der Waals surface area contributed by atoms with Crippen LogP contribution >= 0.6 is 0 Å². The van der Waals surface area contributed by atoms with Gasteiger partial charge in [0.25, 0.3) is 0 Å². The van der Waals surface area contributed by atoms with E-state index in [0.29, 0.717) is 12.4 Å². The number of aromatic hydroxyl groups is 1. The molecular weight excluding hydrogens is 416 g/mol. The van der Waals surface area contributed by atoms with Crippen LogP contribution in [-0.2, 0) is 6.42 Å². The highest BCUT2D eigenvalue weighted by atomic mass is 16.5. The van der Waals surface area contributed by atoms with Gasteiger partial charge in [-0.1, -0.05) is 54.7 Å². The Morgan fingerprint density at radius 2 is 1.50 bits per heavy atom. The lowest BCUT2D eigenvalue weighted by Crippen LogP contribution is -2.05. The summed E-state index contributed by atoms with van der Waals surface area (Å²) in [5.74, 6) is 1.43. The normalized spacial score (nSPS) is 15.1. The molecule has 1 saturated carbocycles. The highest BCUT2D eigenvalue weighted by Crippen LogP contribution is 2.38. The molecule has 2 rings (SSSR count). The minimum absolute atomic E-state index is 0.431. The minimum Gasteiger partial charge on any atom is -0.507 e. The van der Waals surface area contributed by atoms with Crippen molar-refractivity contribution < 1.29 is 9.84 Å². The fourth-order valence-corrected chi connectivity index (χ4v) is 4.95. The van der Waals surface area contributed by atoms with Gasteiger partial charge in [0.05, 0.1) is 6.61 Å². The number of hydrogen-bond donors (Lipinski definition) is 1. The van der Waals surface area contributed by atoms with Crippen LogP contribution in [0.15, 0.2) is 34.9 Å². The molecule has 0 bridgehead atoms. The largest absolute Gasteiger partial charge is 0.507 e. The molecule has 1 N–H and O–H groups in total. The van der Waals surface area contributed by atoms with Crippen LogP contribution in [-0.4, -0.2) is 11.7 Å². The molecule has 0 radical (unpaired) electrons. The number of allylic oxidation sites excluding steroid dienone is 5. The molecule has 0 heterocycles. The van der Waals surface area contributed by atoms with Gasteiger partial charge in [0.1, 0.15) is 11.5 Å². The number of rotatable bonds is 13. The van der Waals surface area contributed by atoms with E-state index in [1.165, 1.54) is 61.7 Å². The van der Waals surface area contributed by atoms with Gasteiger partial charge in [-0.25, -0.2) is 0 Å². The van der Waals surface area contributed by atoms with Crippen molar-refractivity contribution in [2.45, 2.75) is 125 Å². The second-order valence-corrected chi connectivity index (χ2v) is 10.4. The molecule has 1 fully saturated rings. The second-order valence-electron chi connectivity index (χ2n) is 10.4. The highest BCUT2D eigenvalue weighted by Gasteiger charge is 2.17. The van der Waals surface area contributed by atoms with Gasteiger partial charge in [0.15, 0.2) is 0 Å². The third kappa shape index (κ3) is 9.01. The van der Waals surface area contributed by atoms with Crippen molar-refractivity contribution in [3.8, 4) is 11.5 Å². The van der Waals surface area contributed by atoms with Crippen molar-refractivity contribution in [1.82, 2.24) is 0 Å². The van der Waals surface area contributed by atoms with Crippen LogP contribution in [0.25, 0.3) is 0 Å². The summed E-state index contributed by atoms with van der Waals surface area (Å²) in [5, 5.41) is 10.5. The first-order chi connectivity index (χ1) is 16.3. The number of unbranched alkanes of at least 4 members (excludes halogenated alkanes) is 1. The quantitative estimate of drug-likeness (QED) is 0.231. The van der Waals surface area contributed by atoms with Crippen molar-refractivity contribution in [1.29, 1.82) is 0 Å². The lowest BCUT2D eigenvalue weighted by Gasteiger charge is -2.20. The standard InChI is InChI=1S/C32H50O2/c1-7-8-22-30-28(6)31(33)26(4)27(5)32(30)34-23-14-18-25(3)16-12-15-24(2)17-13-21-29-19-10-9-11-20-29/h15,18,21,33H,7-14,16-17,19-20,22-23H2,1-6H3/b24-15+,25-18+. The topological polar surface area (TPSA) is 29.5 Å². The summed E-state index contributed by atoms with van der Waals surface area (Å²) >= 11 is 0. The van der Waals surface area contributed by atoms with Crippen LogP contribution in [0, 0.1) is 20.8 Å². The molecule has 0 amide bonds. The Kier molecular flexibility index (Phi) is 12.6. The van der Waals surface area contributed by atoms with E-state index in [1.807, 2.05) is 13.8 Å². The monoisotopic (exact) mass is 466 g/mol. The average molecular weight is 467 g/mol. The molecule has 0 aromatic heterocycles. The van der Waals surface area contributed by atoms with E-state index in [1.54, 1.807) is 5.57 Å². The molecule has 0 unspecified atom stereocenters. The van der Waals surface area contributed by atoms with E-state index >= 15 is 0 Å². The van der Waals surface area contributed by atoms with Crippen molar-refractivity contribution in [2.24, 2.45) is 0 Å². The van der Waals surface area contributed by atoms with Crippen LogP contribution in [0.4, 0.5) is 0 Å². The summed E-state index contributed by atoms with van der Waals surface area (Å²) in [6, 6.07) is 0. The molecule has 0 atom stereocenters. The van der Waals surface area contributed by atoms with Gasteiger partial charge in [-0.05, 0) is 122 Å². The zero-order chi connectivity index (χ0) is 24.9. The molecule has 0 saturated heterocycles. The van der Waals surface area contributed by atoms with Crippen molar-refractivity contribution in [2.75, 3.05) is 6.61 Å². The van der Waals surface area contributed by atoms with Crippen LogP contribution in [0.1, 0.15) is 120 Å². The Labute approximate surface area is 210 Å². The van der Waals surface area contributed by atoms with E-state index in [4.69, 9.17) is 4.74 Å². The van der Waals surface area contributed by atoms with Gasteiger partial charge < -0.3 is 9.84 Å². The van der Waals surface area contributed by atoms with Crippen LogP contribution in [0.2, 0.25) is 0 Å². The Morgan fingerprint density at radius 1 is 0.853 bits per heavy atom. The van der Waals surface area contributed by atoms with Gasteiger partial charge in [0.2, 0.25) is 0 Å². The molecule has 0 spiro atoms. The summed E-state index contributed by atoms with van der Waals surface area (Å²) in [5.41, 5.74) is 8.85. The Hall–Kier alpha value is -1.96. The van der Waals surface area contributed by atoms with E-state index in [-0.39, 0.29) is 0 Å². The van der Waals surface area contributed by atoms with Gasteiger partial charge >= 0.3 is 0 Å². The maximum Gasteiger partial charge on any atom is 0.126 e.